The fraction of sp³-hybridized carbons (Fsp3) is 0.278. The Balaban J connectivity index is 1.53. The highest BCUT2D eigenvalue weighted by Crippen LogP contribution is 2.37. The Labute approximate surface area is 129 Å². The Morgan fingerprint density at radius 3 is 2.64 bits per heavy atom. The van der Waals surface area contributed by atoms with Crippen molar-refractivity contribution >= 4 is 17.2 Å². The number of hydrogen-bond donors (Lipinski definition) is 1. The summed E-state index contributed by atoms with van der Waals surface area (Å²) < 4.78 is 5.66. The largest absolute Gasteiger partial charge is 0.464 e. The summed E-state index contributed by atoms with van der Waals surface area (Å²) in [6.07, 6.45) is 6.09. The molecule has 1 fully saturated rings. The number of allylic oxidation sites excluding steroid dienone is 1. The van der Waals surface area contributed by atoms with Crippen LogP contribution in [-0.2, 0) is 0 Å². The van der Waals surface area contributed by atoms with Crippen molar-refractivity contribution in [3.8, 4) is 0 Å². The highest BCUT2D eigenvalue weighted by Gasteiger charge is 2.29. The third-order valence-electron chi connectivity index (χ3n) is 4.47. The summed E-state index contributed by atoms with van der Waals surface area (Å²) >= 11 is 0. The standard InChI is InChI=1S/C18H18N2O2/c21-18(19-15-4-2-1-3-5-15)14-10-17(22-12-14)16-11-20-8-6-13(16)7-9-20/h1-5,10-13H,6-9H2,(H,19,21). The van der Waals surface area contributed by atoms with Crippen LogP contribution in [0.3, 0.4) is 0 Å². The summed E-state index contributed by atoms with van der Waals surface area (Å²) in [5.74, 6) is 1.26. The van der Waals surface area contributed by atoms with Crippen LogP contribution >= 0.6 is 0 Å². The lowest BCUT2D eigenvalue weighted by molar-refractivity contribution is 0.102. The lowest BCUT2D eigenvalue weighted by Crippen LogP contribution is -2.35. The number of carbonyl (C=O) groups excluding carboxylic acids is 1. The first-order valence-electron chi connectivity index (χ1n) is 7.71. The molecule has 3 aliphatic heterocycles. The average molecular weight is 294 g/mol. The molecule has 4 nitrogen and oxygen atoms in total. The van der Waals surface area contributed by atoms with Crippen molar-refractivity contribution in [1.82, 2.24) is 4.90 Å². The van der Waals surface area contributed by atoms with E-state index >= 15 is 0 Å². The molecule has 5 rings (SSSR count). The van der Waals surface area contributed by atoms with E-state index in [0.29, 0.717) is 11.5 Å². The second-order valence-corrected chi connectivity index (χ2v) is 5.91. The number of nitrogens with zero attached hydrogens (tertiary/aromatic N) is 1. The Morgan fingerprint density at radius 2 is 1.95 bits per heavy atom. The minimum atomic E-state index is -0.136. The van der Waals surface area contributed by atoms with Gasteiger partial charge in [0.15, 0.2) is 0 Å². The van der Waals surface area contributed by atoms with Crippen LogP contribution < -0.4 is 5.32 Å². The molecule has 22 heavy (non-hydrogen) atoms. The SMILES string of the molecule is O=C(Nc1ccccc1)c1coc(C2=CN3CCC2CC3)c1. The molecule has 4 heterocycles. The molecule has 1 saturated heterocycles. The van der Waals surface area contributed by atoms with Gasteiger partial charge in [-0.1, -0.05) is 18.2 Å². The van der Waals surface area contributed by atoms with E-state index in [-0.39, 0.29) is 5.91 Å². The highest BCUT2D eigenvalue weighted by molar-refractivity contribution is 6.04. The van der Waals surface area contributed by atoms with Crippen molar-refractivity contribution in [3.63, 3.8) is 0 Å². The molecule has 0 aliphatic carbocycles. The van der Waals surface area contributed by atoms with Gasteiger partial charge in [0.05, 0.1) is 5.56 Å². The molecule has 0 radical (unpaired) electrons. The Hall–Kier alpha value is -2.49. The third-order valence-corrected chi connectivity index (χ3v) is 4.47. The van der Waals surface area contributed by atoms with Gasteiger partial charge >= 0.3 is 0 Å². The molecule has 1 N–H and O–H groups in total. The number of piperidine rings is 1. The van der Waals surface area contributed by atoms with Crippen molar-refractivity contribution in [2.24, 2.45) is 5.92 Å². The molecule has 1 amide bonds. The maximum Gasteiger partial charge on any atom is 0.258 e. The number of para-hydroxylation sites is 1. The van der Waals surface area contributed by atoms with Crippen LogP contribution in [0.5, 0.6) is 0 Å². The van der Waals surface area contributed by atoms with E-state index in [4.69, 9.17) is 4.42 Å². The van der Waals surface area contributed by atoms with Crippen molar-refractivity contribution in [3.05, 3.63) is 60.2 Å². The average Bonchev–Trinajstić information content (AvgIpc) is 3.07. The molecule has 0 atom stereocenters. The second-order valence-electron chi connectivity index (χ2n) is 5.91. The first-order valence-corrected chi connectivity index (χ1v) is 7.71. The number of carbonyl (C=O) groups is 1. The predicted octanol–water partition coefficient (Wildman–Crippen LogP) is 3.60. The monoisotopic (exact) mass is 294 g/mol. The Bertz CT molecular complexity index is 710. The van der Waals surface area contributed by atoms with Gasteiger partial charge in [-0.3, -0.25) is 4.79 Å². The van der Waals surface area contributed by atoms with Gasteiger partial charge in [0.2, 0.25) is 0 Å². The molecule has 0 spiro atoms. The van der Waals surface area contributed by atoms with Gasteiger partial charge in [0.1, 0.15) is 12.0 Å². The molecule has 1 aromatic carbocycles. The Morgan fingerprint density at radius 1 is 1.18 bits per heavy atom. The van der Waals surface area contributed by atoms with E-state index in [1.165, 1.54) is 18.4 Å². The Kier molecular flexibility index (Phi) is 3.22. The zero-order valence-electron chi connectivity index (χ0n) is 12.3. The number of hydrogen-bond acceptors (Lipinski definition) is 3. The first kappa shape index (κ1) is 13.2. The molecule has 112 valence electrons. The van der Waals surface area contributed by atoms with E-state index < -0.39 is 0 Å². The third kappa shape index (κ3) is 2.41. The van der Waals surface area contributed by atoms with E-state index in [1.54, 1.807) is 6.26 Å². The van der Waals surface area contributed by atoms with E-state index in [0.717, 1.165) is 24.5 Å². The van der Waals surface area contributed by atoms with Crippen molar-refractivity contribution in [2.75, 3.05) is 18.4 Å². The van der Waals surface area contributed by atoms with Crippen LogP contribution in [-0.4, -0.2) is 23.9 Å². The number of fused-ring (bicyclic) bond motifs is 2. The molecule has 2 bridgehead atoms. The van der Waals surface area contributed by atoms with Gasteiger partial charge < -0.3 is 14.6 Å². The summed E-state index contributed by atoms with van der Waals surface area (Å²) in [5, 5.41) is 2.88. The van der Waals surface area contributed by atoms with Crippen LogP contribution in [0.4, 0.5) is 5.69 Å². The molecular formula is C18H18N2O2. The lowest BCUT2D eigenvalue weighted by atomic mass is 9.84. The molecule has 0 saturated carbocycles. The number of amides is 1. The number of furan rings is 1. The summed E-state index contributed by atoms with van der Waals surface area (Å²) in [4.78, 5) is 14.6. The molecule has 3 aliphatic rings. The van der Waals surface area contributed by atoms with Crippen molar-refractivity contribution in [1.29, 1.82) is 0 Å². The van der Waals surface area contributed by atoms with Crippen LogP contribution in [0.25, 0.3) is 5.57 Å². The second kappa shape index (κ2) is 5.37. The first-order chi connectivity index (χ1) is 10.8. The van der Waals surface area contributed by atoms with E-state index in [9.17, 15) is 4.79 Å². The van der Waals surface area contributed by atoms with Gasteiger partial charge in [-0.2, -0.15) is 0 Å². The van der Waals surface area contributed by atoms with Gasteiger partial charge in [-0.05, 0) is 37.0 Å². The van der Waals surface area contributed by atoms with Gasteiger partial charge in [0.25, 0.3) is 5.91 Å². The summed E-state index contributed by atoms with van der Waals surface area (Å²) in [7, 11) is 0. The quantitative estimate of drug-likeness (QED) is 0.940. The zero-order chi connectivity index (χ0) is 14.9. The van der Waals surface area contributed by atoms with Crippen LogP contribution in [0.2, 0.25) is 0 Å². The van der Waals surface area contributed by atoms with Crippen LogP contribution in [0.1, 0.15) is 29.0 Å². The van der Waals surface area contributed by atoms with E-state index in [2.05, 4.69) is 16.4 Å². The molecular weight excluding hydrogens is 276 g/mol. The van der Waals surface area contributed by atoms with Crippen LogP contribution in [0, 0.1) is 5.92 Å². The maximum absolute atomic E-state index is 12.3. The van der Waals surface area contributed by atoms with Gasteiger partial charge in [0, 0.05) is 30.5 Å². The minimum absolute atomic E-state index is 0.136. The van der Waals surface area contributed by atoms with Crippen LogP contribution in [0.15, 0.2) is 53.3 Å². The topological polar surface area (TPSA) is 45.5 Å². The fourth-order valence-corrected chi connectivity index (χ4v) is 3.24. The van der Waals surface area contributed by atoms with Gasteiger partial charge in [-0.25, -0.2) is 0 Å². The normalized spacial score (nSPS) is 17.5. The smallest absolute Gasteiger partial charge is 0.258 e. The molecule has 2 aromatic rings. The van der Waals surface area contributed by atoms with Gasteiger partial charge in [-0.15, -0.1) is 0 Å². The maximum atomic E-state index is 12.3. The zero-order valence-corrected chi connectivity index (χ0v) is 12.3. The number of nitrogens with one attached hydrogen (secondary N) is 1. The summed E-state index contributed by atoms with van der Waals surface area (Å²) in [5.41, 5.74) is 2.59. The van der Waals surface area contributed by atoms with E-state index in [1.807, 2.05) is 36.4 Å². The number of benzene rings is 1. The number of rotatable bonds is 3. The fourth-order valence-electron chi connectivity index (χ4n) is 3.24. The molecule has 1 aromatic heterocycles. The minimum Gasteiger partial charge on any atom is -0.464 e. The van der Waals surface area contributed by atoms with Crippen molar-refractivity contribution < 1.29 is 9.21 Å². The molecule has 4 heteroatoms. The van der Waals surface area contributed by atoms with Crippen molar-refractivity contribution in [2.45, 2.75) is 12.8 Å². The summed E-state index contributed by atoms with van der Waals surface area (Å²) in [6, 6.07) is 11.3. The molecule has 0 unspecified atom stereocenters. The lowest BCUT2D eigenvalue weighted by Gasteiger charge is -2.38. The predicted molar refractivity (Wildman–Crippen MR) is 85.4 cm³/mol. The highest BCUT2D eigenvalue weighted by atomic mass is 16.3. The number of anilines is 1. The summed E-state index contributed by atoms with van der Waals surface area (Å²) in [6.45, 7) is 2.27.